The summed E-state index contributed by atoms with van der Waals surface area (Å²) < 4.78 is 0. The van der Waals surface area contributed by atoms with E-state index in [0.717, 1.165) is 25.7 Å². The third-order valence-electron chi connectivity index (χ3n) is 4.26. The van der Waals surface area contributed by atoms with Gasteiger partial charge in [0.2, 0.25) is 0 Å². The van der Waals surface area contributed by atoms with Crippen LogP contribution in [0.2, 0.25) is 0 Å². The SMILES string of the molecule is CCCCC/C=C/C[C@H]1C(=O)C=C[C@@H]1C/C=C\CCCC(=O)O. The van der Waals surface area contributed by atoms with E-state index in [2.05, 4.69) is 25.2 Å². The molecule has 0 fully saturated rings. The molecule has 0 saturated heterocycles. The summed E-state index contributed by atoms with van der Waals surface area (Å²) in [6.07, 6.45) is 20.5. The van der Waals surface area contributed by atoms with Gasteiger partial charge in [0, 0.05) is 12.3 Å². The van der Waals surface area contributed by atoms with Crippen molar-refractivity contribution in [2.45, 2.75) is 64.7 Å². The molecular weight excluding hydrogens is 288 g/mol. The van der Waals surface area contributed by atoms with Gasteiger partial charge in [0.05, 0.1) is 0 Å². The first-order valence-electron chi connectivity index (χ1n) is 8.89. The molecule has 0 radical (unpaired) electrons. The number of carbonyl (C=O) groups excluding carboxylic acids is 1. The smallest absolute Gasteiger partial charge is 0.303 e. The second kappa shape index (κ2) is 11.9. The third kappa shape index (κ3) is 8.53. The number of carboxylic acid groups (broad SMARTS) is 1. The van der Waals surface area contributed by atoms with Crippen LogP contribution in [0.15, 0.2) is 36.5 Å². The molecule has 0 unspecified atom stereocenters. The zero-order valence-corrected chi connectivity index (χ0v) is 14.2. The van der Waals surface area contributed by atoms with E-state index in [1.165, 1.54) is 19.3 Å². The largest absolute Gasteiger partial charge is 0.481 e. The molecule has 0 spiro atoms. The lowest BCUT2D eigenvalue weighted by atomic mass is 9.88. The lowest BCUT2D eigenvalue weighted by molar-refractivity contribution is -0.137. The van der Waals surface area contributed by atoms with Gasteiger partial charge in [-0.2, -0.15) is 0 Å². The Bertz CT molecular complexity index is 446. The second-order valence-corrected chi connectivity index (χ2v) is 6.23. The molecule has 2 atom stereocenters. The van der Waals surface area contributed by atoms with Crippen molar-refractivity contribution in [2.24, 2.45) is 11.8 Å². The minimum atomic E-state index is -0.742. The summed E-state index contributed by atoms with van der Waals surface area (Å²) in [6.45, 7) is 2.20. The maximum absolute atomic E-state index is 12.0. The molecule has 0 aromatic heterocycles. The molecule has 0 aliphatic heterocycles. The van der Waals surface area contributed by atoms with Gasteiger partial charge < -0.3 is 5.11 Å². The third-order valence-corrected chi connectivity index (χ3v) is 4.26. The van der Waals surface area contributed by atoms with Crippen molar-refractivity contribution < 1.29 is 14.7 Å². The summed E-state index contributed by atoms with van der Waals surface area (Å²) in [5.41, 5.74) is 0. The number of ketones is 1. The van der Waals surface area contributed by atoms with Crippen LogP contribution in [0, 0.1) is 11.8 Å². The van der Waals surface area contributed by atoms with E-state index in [1.807, 2.05) is 12.2 Å². The lowest BCUT2D eigenvalue weighted by Gasteiger charge is -2.14. The van der Waals surface area contributed by atoms with Crippen molar-refractivity contribution in [3.63, 3.8) is 0 Å². The van der Waals surface area contributed by atoms with Gasteiger partial charge in [-0.25, -0.2) is 0 Å². The standard InChI is InChI=1S/C20H30O3/c1-2-3-4-5-6-10-13-18-17(15-16-19(18)21)12-9-7-8-11-14-20(22)23/h6-7,9-10,15-18H,2-5,8,11-14H2,1H3,(H,22,23)/b9-7-,10-6+/t17-,18+/m0/s1. The van der Waals surface area contributed by atoms with E-state index in [-0.39, 0.29) is 18.1 Å². The molecule has 1 aliphatic rings. The number of hydrogen-bond acceptors (Lipinski definition) is 2. The van der Waals surface area contributed by atoms with Gasteiger partial charge >= 0.3 is 5.97 Å². The van der Waals surface area contributed by atoms with Gasteiger partial charge in [0.15, 0.2) is 5.78 Å². The van der Waals surface area contributed by atoms with Gasteiger partial charge in [-0.15, -0.1) is 0 Å². The molecule has 128 valence electrons. The number of rotatable bonds is 12. The van der Waals surface area contributed by atoms with E-state index in [0.29, 0.717) is 12.3 Å². The fraction of sp³-hybridized carbons (Fsp3) is 0.600. The van der Waals surface area contributed by atoms with E-state index in [9.17, 15) is 9.59 Å². The van der Waals surface area contributed by atoms with Gasteiger partial charge in [0.25, 0.3) is 0 Å². The number of aliphatic carboxylic acids is 1. The van der Waals surface area contributed by atoms with Crippen LogP contribution >= 0.6 is 0 Å². The van der Waals surface area contributed by atoms with Crippen LogP contribution < -0.4 is 0 Å². The van der Waals surface area contributed by atoms with Gasteiger partial charge in [-0.1, -0.05) is 50.1 Å². The molecule has 1 N–H and O–H groups in total. The highest BCUT2D eigenvalue weighted by Crippen LogP contribution is 2.29. The number of carbonyl (C=O) groups is 2. The Labute approximate surface area is 140 Å². The fourth-order valence-electron chi connectivity index (χ4n) is 2.84. The van der Waals surface area contributed by atoms with E-state index >= 15 is 0 Å². The minimum absolute atomic E-state index is 0.0843. The Morgan fingerprint density at radius 1 is 1.09 bits per heavy atom. The molecule has 0 aromatic carbocycles. The Balaban J connectivity index is 2.27. The van der Waals surface area contributed by atoms with Crippen LogP contribution in [0.4, 0.5) is 0 Å². The molecule has 1 rings (SSSR count). The van der Waals surface area contributed by atoms with E-state index in [4.69, 9.17) is 5.11 Å². The summed E-state index contributed by atoms with van der Waals surface area (Å²) in [6, 6.07) is 0. The highest BCUT2D eigenvalue weighted by molar-refractivity contribution is 5.94. The van der Waals surface area contributed by atoms with Gasteiger partial charge in [0.1, 0.15) is 0 Å². The van der Waals surface area contributed by atoms with Crippen molar-refractivity contribution in [3.8, 4) is 0 Å². The van der Waals surface area contributed by atoms with Crippen LogP contribution in [0.5, 0.6) is 0 Å². The number of allylic oxidation sites excluding steroid dienone is 6. The highest BCUT2D eigenvalue weighted by Gasteiger charge is 2.27. The Kier molecular flexibility index (Phi) is 10.0. The molecule has 0 bridgehead atoms. The first-order valence-corrected chi connectivity index (χ1v) is 8.89. The molecule has 0 amide bonds. The number of carboxylic acids is 1. The maximum Gasteiger partial charge on any atom is 0.303 e. The molecule has 23 heavy (non-hydrogen) atoms. The number of hydrogen-bond donors (Lipinski definition) is 1. The molecule has 3 nitrogen and oxygen atoms in total. The quantitative estimate of drug-likeness (QED) is 0.403. The molecule has 0 saturated carbocycles. The Hall–Kier alpha value is -1.64. The summed E-state index contributed by atoms with van der Waals surface area (Å²) in [5.74, 6) is -0.124. The van der Waals surface area contributed by atoms with Crippen LogP contribution in [0.3, 0.4) is 0 Å². The molecule has 3 heteroatoms. The number of unbranched alkanes of at least 4 members (excludes halogenated alkanes) is 4. The topological polar surface area (TPSA) is 54.4 Å². The highest BCUT2D eigenvalue weighted by atomic mass is 16.4. The maximum atomic E-state index is 12.0. The molecule has 1 aliphatic carbocycles. The van der Waals surface area contributed by atoms with Crippen LogP contribution in [0.25, 0.3) is 0 Å². The predicted octanol–water partition coefficient (Wildman–Crippen LogP) is 5.09. The van der Waals surface area contributed by atoms with Crippen molar-refractivity contribution in [3.05, 3.63) is 36.5 Å². The van der Waals surface area contributed by atoms with Crippen LogP contribution in [-0.2, 0) is 9.59 Å². The van der Waals surface area contributed by atoms with Gasteiger partial charge in [-0.3, -0.25) is 9.59 Å². The second-order valence-electron chi connectivity index (χ2n) is 6.23. The summed E-state index contributed by atoms with van der Waals surface area (Å²) >= 11 is 0. The summed E-state index contributed by atoms with van der Waals surface area (Å²) in [4.78, 5) is 22.4. The minimum Gasteiger partial charge on any atom is -0.481 e. The normalized spacial score (nSPS) is 21.0. The zero-order chi connectivity index (χ0) is 16.9. The van der Waals surface area contributed by atoms with E-state index in [1.54, 1.807) is 6.08 Å². The first-order chi connectivity index (χ1) is 11.1. The van der Waals surface area contributed by atoms with Crippen molar-refractivity contribution in [1.29, 1.82) is 0 Å². The average Bonchev–Trinajstić information content (AvgIpc) is 2.86. The molecule has 0 aromatic rings. The van der Waals surface area contributed by atoms with Gasteiger partial charge in [-0.05, 0) is 50.5 Å². The molecular formula is C20H30O3. The average molecular weight is 318 g/mol. The first kappa shape index (κ1) is 19.4. The lowest BCUT2D eigenvalue weighted by Crippen LogP contribution is -2.14. The van der Waals surface area contributed by atoms with Crippen LogP contribution in [0.1, 0.15) is 64.7 Å². The van der Waals surface area contributed by atoms with Crippen LogP contribution in [-0.4, -0.2) is 16.9 Å². The van der Waals surface area contributed by atoms with E-state index < -0.39 is 5.97 Å². The summed E-state index contributed by atoms with van der Waals surface area (Å²) in [5, 5.41) is 8.58. The van der Waals surface area contributed by atoms with Crippen molar-refractivity contribution in [1.82, 2.24) is 0 Å². The Morgan fingerprint density at radius 3 is 2.48 bits per heavy atom. The molecule has 0 heterocycles. The predicted molar refractivity (Wildman–Crippen MR) is 94.3 cm³/mol. The Morgan fingerprint density at radius 2 is 1.78 bits per heavy atom. The zero-order valence-electron chi connectivity index (χ0n) is 14.2. The van der Waals surface area contributed by atoms with Crippen molar-refractivity contribution in [2.75, 3.05) is 0 Å². The summed E-state index contributed by atoms with van der Waals surface area (Å²) in [7, 11) is 0. The monoisotopic (exact) mass is 318 g/mol. The fourth-order valence-corrected chi connectivity index (χ4v) is 2.84. The van der Waals surface area contributed by atoms with Crippen molar-refractivity contribution >= 4 is 11.8 Å².